The van der Waals surface area contributed by atoms with Crippen LogP contribution in [0.4, 0.5) is 0 Å². The number of allylic oxidation sites excluding steroid dienone is 7. The van der Waals surface area contributed by atoms with Gasteiger partial charge in [-0.3, -0.25) is 0 Å². The zero-order valence-electron chi connectivity index (χ0n) is 8.29. The lowest BCUT2D eigenvalue weighted by molar-refractivity contribution is 0.834. The average Bonchev–Trinajstić information content (AvgIpc) is 2.54. The lowest BCUT2D eigenvalue weighted by Crippen LogP contribution is -2.04. The molecule has 0 saturated heterocycles. The summed E-state index contributed by atoms with van der Waals surface area (Å²) in [6.07, 6.45) is 12.7. The molecule has 0 amide bonds. The fourth-order valence-corrected chi connectivity index (χ4v) is 2.16. The SMILES string of the molecule is C=CC1(/C=C(/C)SCC)C=CC=C1. The predicted octanol–water partition coefficient (Wildman–Crippen LogP) is 3.94. The Kier molecular flexibility index (Phi) is 3.61. The van der Waals surface area contributed by atoms with E-state index in [0.29, 0.717) is 0 Å². The highest BCUT2D eigenvalue weighted by molar-refractivity contribution is 8.03. The molecule has 1 heteroatoms. The molecule has 0 spiro atoms. The van der Waals surface area contributed by atoms with Crippen LogP contribution in [0.25, 0.3) is 0 Å². The molecule has 0 unspecified atom stereocenters. The van der Waals surface area contributed by atoms with Gasteiger partial charge >= 0.3 is 0 Å². The maximum absolute atomic E-state index is 3.87. The van der Waals surface area contributed by atoms with E-state index in [0.717, 1.165) is 5.75 Å². The van der Waals surface area contributed by atoms with Gasteiger partial charge in [0, 0.05) is 5.41 Å². The Balaban J connectivity index is 2.79. The van der Waals surface area contributed by atoms with Crippen LogP contribution in [-0.4, -0.2) is 5.75 Å². The third-order valence-corrected chi connectivity index (χ3v) is 2.92. The summed E-state index contributed by atoms with van der Waals surface area (Å²) in [4.78, 5) is 1.36. The molecule has 0 fully saturated rings. The van der Waals surface area contributed by atoms with Crippen molar-refractivity contribution in [2.45, 2.75) is 13.8 Å². The van der Waals surface area contributed by atoms with Gasteiger partial charge in [-0.2, -0.15) is 0 Å². The molecule has 0 atom stereocenters. The number of hydrogen-bond donors (Lipinski definition) is 0. The molecule has 0 nitrogen and oxygen atoms in total. The van der Waals surface area contributed by atoms with E-state index < -0.39 is 0 Å². The first kappa shape index (κ1) is 10.4. The number of hydrogen-bond acceptors (Lipinski definition) is 1. The third-order valence-electron chi connectivity index (χ3n) is 2.06. The zero-order chi connectivity index (χ0) is 9.73. The molecule has 0 heterocycles. The van der Waals surface area contributed by atoms with E-state index in [1.165, 1.54) is 4.91 Å². The Morgan fingerprint density at radius 3 is 2.54 bits per heavy atom. The van der Waals surface area contributed by atoms with E-state index in [9.17, 15) is 0 Å². The highest BCUT2D eigenvalue weighted by Gasteiger charge is 2.18. The van der Waals surface area contributed by atoms with Crippen molar-refractivity contribution in [3.05, 3.63) is 47.9 Å². The molecule has 1 aliphatic rings. The Bertz CT molecular complexity index is 257. The molecule has 0 aromatic heterocycles. The largest absolute Gasteiger partial charge is 0.131 e. The van der Waals surface area contributed by atoms with Crippen LogP contribution in [0, 0.1) is 5.41 Å². The molecule has 0 aromatic rings. The van der Waals surface area contributed by atoms with Crippen LogP contribution in [0.5, 0.6) is 0 Å². The molecule has 13 heavy (non-hydrogen) atoms. The monoisotopic (exact) mass is 192 g/mol. The minimum Gasteiger partial charge on any atom is -0.131 e. The molecule has 0 saturated carbocycles. The lowest BCUT2D eigenvalue weighted by atomic mass is 9.90. The fraction of sp³-hybridized carbons (Fsp3) is 0.333. The second-order valence-corrected chi connectivity index (χ2v) is 4.62. The summed E-state index contributed by atoms with van der Waals surface area (Å²) in [6, 6.07) is 0. The van der Waals surface area contributed by atoms with Crippen molar-refractivity contribution in [2.75, 3.05) is 5.75 Å². The maximum Gasteiger partial charge on any atom is 0.0437 e. The van der Waals surface area contributed by atoms with Crippen molar-refractivity contribution >= 4 is 11.8 Å². The van der Waals surface area contributed by atoms with Gasteiger partial charge in [0.1, 0.15) is 0 Å². The highest BCUT2D eigenvalue weighted by atomic mass is 32.2. The number of thioether (sulfide) groups is 1. The molecule has 0 bridgehead atoms. The first-order valence-electron chi connectivity index (χ1n) is 4.55. The summed E-state index contributed by atoms with van der Waals surface area (Å²) < 4.78 is 0. The molecular weight excluding hydrogens is 176 g/mol. The molecule has 1 rings (SSSR count). The van der Waals surface area contributed by atoms with Crippen molar-refractivity contribution in [3.63, 3.8) is 0 Å². The highest BCUT2D eigenvalue weighted by Crippen LogP contribution is 2.32. The van der Waals surface area contributed by atoms with Crippen LogP contribution in [-0.2, 0) is 0 Å². The smallest absolute Gasteiger partial charge is 0.0437 e. The van der Waals surface area contributed by atoms with Gasteiger partial charge in [-0.15, -0.1) is 18.3 Å². The Hall–Kier alpha value is -0.690. The summed E-state index contributed by atoms with van der Waals surface area (Å²) >= 11 is 1.88. The minimum absolute atomic E-state index is 0.0216. The molecule has 0 aliphatic heterocycles. The maximum atomic E-state index is 3.87. The van der Waals surface area contributed by atoms with Crippen LogP contribution >= 0.6 is 11.8 Å². The van der Waals surface area contributed by atoms with Gasteiger partial charge in [-0.1, -0.05) is 43.4 Å². The standard InChI is InChI=1S/C12H16S/c1-4-12(8-6-7-9-12)10-11(3)13-5-2/h4,6-10H,1,5H2,2-3H3/b11-10-. The van der Waals surface area contributed by atoms with Crippen LogP contribution in [0.2, 0.25) is 0 Å². The molecule has 0 radical (unpaired) electrons. The predicted molar refractivity (Wildman–Crippen MR) is 62.8 cm³/mol. The van der Waals surface area contributed by atoms with Crippen LogP contribution in [0.3, 0.4) is 0 Å². The van der Waals surface area contributed by atoms with Crippen molar-refractivity contribution in [1.82, 2.24) is 0 Å². The summed E-state index contributed by atoms with van der Waals surface area (Å²) in [5.41, 5.74) is -0.0216. The summed E-state index contributed by atoms with van der Waals surface area (Å²) in [5.74, 6) is 1.13. The van der Waals surface area contributed by atoms with Crippen LogP contribution in [0.1, 0.15) is 13.8 Å². The quantitative estimate of drug-likeness (QED) is 0.608. The van der Waals surface area contributed by atoms with E-state index in [-0.39, 0.29) is 5.41 Å². The second-order valence-electron chi connectivity index (χ2n) is 3.11. The van der Waals surface area contributed by atoms with E-state index in [1.54, 1.807) is 0 Å². The normalized spacial score (nSPS) is 19.4. The van der Waals surface area contributed by atoms with Gasteiger partial charge in [0.2, 0.25) is 0 Å². The van der Waals surface area contributed by atoms with Crippen molar-refractivity contribution in [1.29, 1.82) is 0 Å². The van der Waals surface area contributed by atoms with Crippen molar-refractivity contribution in [3.8, 4) is 0 Å². The third kappa shape index (κ3) is 2.63. The first-order valence-corrected chi connectivity index (χ1v) is 5.54. The zero-order valence-corrected chi connectivity index (χ0v) is 9.10. The Labute approximate surface area is 85.1 Å². The van der Waals surface area contributed by atoms with E-state index in [4.69, 9.17) is 0 Å². The minimum atomic E-state index is -0.0216. The van der Waals surface area contributed by atoms with E-state index in [2.05, 4.69) is 50.8 Å². The van der Waals surface area contributed by atoms with Crippen molar-refractivity contribution < 1.29 is 0 Å². The fourth-order valence-electron chi connectivity index (χ4n) is 1.41. The summed E-state index contributed by atoms with van der Waals surface area (Å²) in [6.45, 7) is 8.19. The van der Waals surface area contributed by atoms with E-state index in [1.807, 2.05) is 17.8 Å². The van der Waals surface area contributed by atoms with Gasteiger partial charge in [-0.05, 0) is 17.6 Å². The van der Waals surface area contributed by atoms with Gasteiger partial charge in [0.25, 0.3) is 0 Å². The Morgan fingerprint density at radius 1 is 1.46 bits per heavy atom. The lowest BCUT2D eigenvalue weighted by Gasteiger charge is -2.16. The Morgan fingerprint density at radius 2 is 2.08 bits per heavy atom. The van der Waals surface area contributed by atoms with Gasteiger partial charge in [-0.25, -0.2) is 0 Å². The second kappa shape index (κ2) is 4.52. The molecule has 0 N–H and O–H groups in total. The van der Waals surface area contributed by atoms with E-state index >= 15 is 0 Å². The van der Waals surface area contributed by atoms with Gasteiger partial charge in [0.05, 0.1) is 0 Å². The topological polar surface area (TPSA) is 0 Å². The van der Waals surface area contributed by atoms with Crippen molar-refractivity contribution in [2.24, 2.45) is 5.41 Å². The molecule has 70 valence electrons. The summed E-state index contributed by atoms with van der Waals surface area (Å²) in [7, 11) is 0. The van der Waals surface area contributed by atoms with Gasteiger partial charge < -0.3 is 0 Å². The molecular formula is C12H16S. The molecule has 0 aromatic carbocycles. The first-order chi connectivity index (χ1) is 6.22. The van der Waals surface area contributed by atoms with Gasteiger partial charge in [0.15, 0.2) is 0 Å². The van der Waals surface area contributed by atoms with Crippen LogP contribution < -0.4 is 0 Å². The summed E-state index contributed by atoms with van der Waals surface area (Å²) in [5, 5.41) is 0. The average molecular weight is 192 g/mol. The van der Waals surface area contributed by atoms with Crippen LogP contribution in [0.15, 0.2) is 47.9 Å². The number of rotatable bonds is 4. The molecule has 1 aliphatic carbocycles.